The molecule has 0 heterocycles. The van der Waals surface area contributed by atoms with E-state index in [1.54, 1.807) is 0 Å². The van der Waals surface area contributed by atoms with Crippen molar-refractivity contribution in [2.24, 2.45) is 22.4 Å². The summed E-state index contributed by atoms with van der Waals surface area (Å²) in [7, 11) is 0. The fourth-order valence-corrected chi connectivity index (χ4v) is 5.60. The van der Waals surface area contributed by atoms with Crippen molar-refractivity contribution in [2.45, 2.75) is 39.5 Å². The number of nitrogens with one attached hydrogen (secondary N) is 1. The molecule has 3 aromatic rings. The molecule has 2 saturated carbocycles. The van der Waals surface area contributed by atoms with E-state index >= 15 is 0 Å². The first-order valence-corrected chi connectivity index (χ1v) is 10.3. The fraction of sp³-hybridized carbons (Fsp3) is 0.360. The lowest BCUT2D eigenvalue weighted by atomic mass is 9.90. The number of aryl methyl sites for hydroxylation is 1. The molecule has 2 aliphatic carbocycles. The lowest BCUT2D eigenvalue weighted by molar-refractivity contribution is -0.123. The Hall–Kier alpha value is -2.68. The largest absolute Gasteiger partial charge is 0.273 e. The van der Waals surface area contributed by atoms with E-state index in [-0.39, 0.29) is 17.2 Å². The van der Waals surface area contributed by atoms with Crippen LogP contribution in [0.25, 0.3) is 21.5 Å². The summed E-state index contributed by atoms with van der Waals surface area (Å²) in [4.78, 5) is 12.7. The number of carbonyl (C=O) groups is 1. The van der Waals surface area contributed by atoms with Gasteiger partial charge in [0.1, 0.15) is 0 Å². The average Bonchev–Trinajstić information content (AvgIpc) is 3.36. The number of carbonyl (C=O) groups excluding carboxylic acids is 1. The first-order chi connectivity index (χ1) is 13.6. The Labute approximate surface area is 165 Å². The van der Waals surface area contributed by atoms with Crippen molar-refractivity contribution in [2.75, 3.05) is 0 Å². The summed E-state index contributed by atoms with van der Waals surface area (Å²) < 4.78 is 0. The highest BCUT2D eigenvalue weighted by atomic mass is 16.2. The van der Waals surface area contributed by atoms with Gasteiger partial charge in [0.15, 0.2) is 0 Å². The second kappa shape index (κ2) is 6.44. The van der Waals surface area contributed by atoms with Gasteiger partial charge >= 0.3 is 0 Å². The second-order valence-electron chi connectivity index (χ2n) is 8.70. The maximum Gasteiger partial charge on any atom is 0.244 e. The molecular formula is C25H26N2O. The van der Waals surface area contributed by atoms with Gasteiger partial charge < -0.3 is 0 Å². The van der Waals surface area contributed by atoms with E-state index in [0.717, 1.165) is 5.56 Å². The van der Waals surface area contributed by atoms with Gasteiger partial charge in [-0.3, -0.25) is 4.79 Å². The molecule has 0 aromatic heterocycles. The van der Waals surface area contributed by atoms with Crippen LogP contribution in [0.1, 0.15) is 43.7 Å². The Morgan fingerprint density at radius 1 is 1.04 bits per heavy atom. The lowest BCUT2D eigenvalue weighted by Gasteiger charge is -2.15. The highest BCUT2D eigenvalue weighted by Gasteiger charge is 2.64. The van der Waals surface area contributed by atoms with Crippen LogP contribution < -0.4 is 5.43 Å². The number of rotatable bonds is 3. The Kier molecular flexibility index (Phi) is 4.01. The van der Waals surface area contributed by atoms with Crippen molar-refractivity contribution in [3.05, 3.63) is 59.7 Å². The van der Waals surface area contributed by atoms with Crippen LogP contribution in [-0.4, -0.2) is 12.1 Å². The van der Waals surface area contributed by atoms with Gasteiger partial charge in [0, 0.05) is 11.5 Å². The van der Waals surface area contributed by atoms with E-state index in [1.807, 2.05) is 6.21 Å². The van der Waals surface area contributed by atoms with Gasteiger partial charge in [-0.25, -0.2) is 5.43 Å². The molecule has 5 rings (SSSR count). The number of hydrazone groups is 1. The van der Waals surface area contributed by atoms with E-state index in [1.165, 1.54) is 52.8 Å². The molecule has 28 heavy (non-hydrogen) atoms. The molecule has 2 fully saturated rings. The van der Waals surface area contributed by atoms with Gasteiger partial charge in [0.05, 0.1) is 6.21 Å². The molecule has 0 spiro atoms. The quantitative estimate of drug-likeness (QED) is 0.365. The Balaban J connectivity index is 1.48. The normalized spacial score (nSPS) is 26.5. The monoisotopic (exact) mass is 370 g/mol. The summed E-state index contributed by atoms with van der Waals surface area (Å²) >= 11 is 0. The van der Waals surface area contributed by atoms with E-state index in [4.69, 9.17) is 0 Å². The van der Waals surface area contributed by atoms with Gasteiger partial charge in [-0.1, -0.05) is 68.3 Å². The zero-order valence-corrected chi connectivity index (χ0v) is 16.5. The van der Waals surface area contributed by atoms with Crippen LogP contribution in [0.3, 0.4) is 0 Å². The zero-order valence-electron chi connectivity index (χ0n) is 16.5. The minimum Gasteiger partial charge on any atom is -0.273 e. The molecule has 2 aliphatic rings. The van der Waals surface area contributed by atoms with Crippen molar-refractivity contribution >= 4 is 33.7 Å². The van der Waals surface area contributed by atoms with E-state index in [9.17, 15) is 4.79 Å². The predicted octanol–water partition coefficient (Wildman–Crippen LogP) is 5.58. The average molecular weight is 370 g/mol. The maximum atomic E-state index is 12.7. The van der Waals surface area contributed by atoms with Crippen LogP contribution in [0.5, 0.6) is 0 Å². The van der Waals surface area contributed by atoms with Crippen molar-refractivity contribution in [3.63, 3.8) is 0 Å². The molecule has 0 radical (unpaired) electrons. The smallest absolute Gasteiger partial charge is 0.244 e. The van der Waals surface area contributed by atoms with Gasteiger partial charge in [0.2, 0.25) is 5.91 Å². The first kappa shape index (κ1) is 17.4. The summed E-state index contributed by atoms with van der Waals surface area (Å²) in [5, 5.41) is 9.20. The Morgan fingerprint density at radius 2 is 1.64 bits per heavy atom. The molecule has 3 nitrogen and oxygen atoms in total. The number of hydrogen-bond donors (Lipinski definition) is 1. The molecule has 0 bridgehead atoms. The van der Waals surface area contributed by atoms with Crippen LogP contribution in [0.15, 0.2) is 53.6 Å². The molecule has 1 amide bonds. The van der Waals surface area contributed by atoms with Crippen molar-refractivity contribution in [3.8, 4) is 0 Å². The number of benzene rings is 3. The summed E-state index contributed by atoms with van der Waals surface area (Å²) in [6.45, 7) is 4.44. The van der Waals surface area contributed by atoms with Crippen molar-refractivity contribution in [1.82, 2.24) is 5.43 Å². The van der Waals surface area contributed by atoms with Crippen LogP contribution in [0.2, 0.25) is 0 Å². The highest BCUT2D eigenvalue weighted by molar-refractivity contribution is 6.15. The number of hydrogen-bond acceptors (Lipinski definition) is 2. The third-order valence-corrected chi connectivity index (χ3v) is 7.22. The van der Waals surface area contributed by atoms with E-state index < -0.39 is 0 Å². The molecule has 0 saturated heterocycles. The standard InChI is InChI=1S/C25H26N2O/c1-16-17-9-3-5-11-19(17)21(20-12-6-4-10-18(16)20)15-26-27-24(28)23-22-13-7-8-14-25(22,23)2/h3-6,9-12,15,22-23H,7-8,13-14H2,1-2H3,(H,27,28)/b26-15-/t22-,23-,25+/m0/s1. The van der Waals surface area contributed by atoms with E-state index in [0.29, 0.717) is 5.92 Å². The predicted molar refractivity (Wildman–Crippen MR) is 115 cm³/mol. The number of amides is 1. The molecule has 1 N–H and O–H groups in total. The minimum absolute atomic E-state index is 0.0892. The van der Waals surface area contributed by atoms with E-state index in [2.05, 4.69) is 72.9 Å². The molecule has 3 heteroatoms. The molecular weight excluding hydrogens is 344 g/mol. The number of nitrogens with zero attached hydrogens (tertiary/aromatic N) is 1. The van der Waals surface area contributed by atoms with Crippen LogP contribution in [-0.2, 0) is 4.79 Å². The summed E-state index contributed by atoms with van der Waals surface area (Å²) in [5.41, 5.74) is 5.40. The SMILES string of the molecule is Cc1c2ccccc2c(/C=N\NC(=O)[C@@H]2[C@@H]3CCCC[C@@]23C)c2ccccc12. The molecule has 3 atom stereocenters. The first-order valence-electron chi connectivity index (χ1n) is 10.3. The van der Waals surface area contributed by atoms with Crippen LogP contribution in [0.4, 0.5) is 0 Å². The Bertz CT molecular complexity index is 1060. The second-order valence-corrected chi connectivity index (χ2v) is 8.70. The maximum absolute atomic E-state index is 12.7. The number of fused-ring (bicyclic) bond motifs is 3. The van der Waals surface area contributed by atoms with Gasteiger partial charge in [0.25, 0.3) is 0 Å². The molecule has 142 valence electrons. The van der Waals surface area contributed by atoms with Gasteiger partial charge in [-0.2, -0.15) is 5.10 Å². The lowest BCUT2D eigenvalue weighted by Crippen LogP contribution is -2.22. The van der Waals surface area contributed by atoms with Crippen molar-refractivity contribution < 1.29 is 4.79 Å². The highest BCUT2D eigenvalue weighted by Crippen LogP contribution is 2.66. The van der Waals surface area contributed by atoms with Crippen LogP contribution >= 0.6 is 0 Å². The fourth-order valence-electron chi connectivity index (χ4n) is 5.60. The third-order valence-electron chi connectivity index (χ3n) is 7.22. The van der Waals surface area contributed by atoms with Gasteiger partial charge in [-0.15, -0.1) is 0 Å². The minimum atomic E-state index is 0.0892. The Morgan fingerprint density at radius 3 is 2.21 bits per heavy atom. The topological polar surface area (TPSA) is 41.5 Å². The van der Waals surface area contributed by atoms with Gasteiger partial charge in [-0.05, 0) is 58.2 Å². The summed E-state index contributed by atoms with van der Waals surface area (Å²) in [6, 6.07) is 16.8. The third kappa shape index (κ3) is 2.56. The summed E-state index contributed by atoms with van der Waals surface area (Å²) in [5.74, 6) is 0.780. The molecule has 0 aliphatic heterocycles. The molecule has 3 aromatic carbocycles. The molecule has 0 unspecified atom stereocenters. The zero-order chi connectivity index (χ0) is 19.3. The van der Waals surface area contributed by atoms with Crippen molar-refractivity contribution in [1.29, 1.82) is 0 Å². The summed E-state index contributed by atoms with van der Waals surface area (Å²) in [6.07, 6.45) is 6.70. The van der Waals surface area contributed by atoms with Crippen LogP contribution in [0, 0.1) is 24.2 Å².